The summed E-state index contributed by atoms with van der Waals surface area (Å²) in [5.41, 5.74) is 7.62. The molecule has 2 aromatic rings. The van der Waals surface area contributed by atoms with Crippen LogP contribution in [-0.2, 0) is 4.79 Å². The van der Waals surface area contributed by atoms with Gasteiger partial charge in [-0.05, 0) is 37.4 Å². The first-order chi connectivity index (χ1) is 10.3. The summed E-state index contributed by atoms with van der Waals surface area (Å²) in [5.74, 6) is 0.477. The van der Waals surface area contributed by atoms with Gasteiger partial charge in [0.2, 0.25) is 5.91 Å². The van der Waals surface area contributed by atoms with Crippen molar-refractivity contribution in [2.24, 2.45) is 17.6 Å². The molecule has 0 bridgehead atoms. The topological polar surface area (TPSA) is 68.0 Å². The van der Waals surface area contributed by atoms with Crippen LogP contribution in [0.4, 0.5) is 5.69 Å². The number of amides is 1. The smallest absolute Gasteiger partial charge is 0.227 e. The second kappa shape index (κ2) is 7.72. The lowest BCUT2D eigenvalue weighted by Gasteiger charge is -2.17. The zero-order valence-electron chi connectivity index (χ0n) is 12.2. The maximum absolute atomic E-state index is 12.4. The molecule has 1 aliphatic rings. The Labute approximate surface area is 140 Å². The highest BCUT2D eigenvalue weighted by atomic mass is 35.5. The molecule has 6 heteroatoms. The van der Waals surface area contributed by atoms with Crippen molar-refractivity contribution in [2.75, 3.05) is 11.9 Å². The van der Waals surface area contributed by atoms with E-state index in [9.17, 15) is 4.79 Å². The van der Waals surface area contributed by atoms with Crippen molar-refractivity contribution in [2.45, 2.75) is 19.3 Å². The Morgan fingerprint density at radius 2 is 2.27 bits per heavy atom. The van der Waals surface area contributed by atoms with Crippen LogP contribution in [0, 0.1) is 11.8 Å². The van der Waals surface area contributed by atoms with Crippen molar-refractivity contribution in [3.63, 3.8) is 0 Å². The molecule has 1 amide bonds. The third kappa shape index (κ3) is 3.66. The van der Waals surface area contributed by atoms with Gasteiger partial charge in [0.25, 0.3) is 0 Å². The summed E-state index contributed by atoms with van der Waals surface area (Å²) in [4.78, 5) is 16.7. The zero-order valence-corrected chi connectivity index (χ0v) is 13.8. The molecule has 1 aliphatic carbocycles. The largest absolute Gasteiger partial charge is 0.330 e. The summed E-state index contributed by atoms with van der Waals surface area (Å²) in [6, 6.07) is 7.85. The Hall–Kier alpha value is -1.43. The van der Waals surface area contributed by atoms with E-state index in [1.807, 2.05) is 29.6 Å². The van der Waals surface area contributed by atoms with Crippen molar-refractivity contribution in [1.29, 1.82) is 0 Å². The molecule has 22 heavy (non-hydrogen) atoms. The third-order valence-electron chi connectivity index (χ3n) is 4.11. The predicted octanol–water partition coefficient (Wildman–Crippen LogP) is 3.55. The van der Waals surface area contributed by atoms with Crippen LogP contribution in [0.1, 0.15) is 19.3 Å². The van der Waals surface area contributed by atoms with Gasteiger partial charge in [-0.3, -0.25) is 4.79 Å². The SMILES string of the molecule is Cl.NC[C@H]1CCC[C@H]1C(=O)Nc1cccc(-c2nccs2)c1. The zero-order chi connectivity index (χ0) is 14.7. The van der Waals surface area contributed by atoms with E-state index >= 15 is 0 Å². The Kier molecular flexibility index (Phi) is 5.94. The molecule has 3 N–H and O–H groups in total. The number of halogens is 1. The molecule has 0 aliphatic heterocycles. The molecule has 1 aromatic heterocycles. The van der Waals surface area contributed by atoms with E-state index in [1.54, 1.807) is 17.5 Å². The summed E-state index contributed by atoms with van der Waals surface area (Å²) >= 11 is 1.59. The summed E-state index contributed by atoms with van der Waals surface area (Å²) < 4.78 is 0. The maximum Gasteiger partial charge on any atom is 0.227 e. The van der Waals surface area contributed by atoms with Crippen molar-refractivity contribution in [3.05, 3.63) is 35.8 Å². The van der Waals surface area contributed by atoms with E-state index in [0.29, 0.717) is 12.5 Å². The summed E-state index contributed by atoms with van der Waals surface area (Å²) in [6.45, 7) is 0.594. The highest BCUT2D eigenvalue weighted by Gasteiger charge is 2.31. The van der Waals surface area contributed by atoms with E-state index in [0.717, 1.165) is 35.5 Å². The monoisotopic (exact) mass is 337 g/mol. The molecule has 1 saturated carbocycles. The van der Waals surface area contributed by atoms with E-state index in [4.69, 9.17) is 5.73 Å². The summed E-state index contributed by atoms with van der Waals surface area (Å²) in [5, 5.41) is 5.95. The van der Waals surface area contributed by atoms with Crippen LogP contribution in [0.5, 0.6) is 0 Å². The number of nitrogens with one attached hydrogen (secondary N) is 1. The van der Waals surface area contributed by atoms with E-state index in [2.05, 4.69) is 10.3 Å². The first kappa shape index (κ1) is 16.9. The first-order valence-corrected chi connectivity index (χ1v) is 8.17. The average Bonchev–Trinajstić information content (AvgIpc) is 3.18. The van der Waals surface area contributed by atoms with Gasteiger partial charge in [0.05, 0.1) is 0 Å². The Bertz CT molecular complexity index is 618. The fourth-order valence-electron chi connectivity index (χ4n) is 3.00. The van der Waals surface area contributed by atoms with E-state index in [-0.39, 0.29) is 24.2 Å². The number of carbonyl (C=O) groups is 1. The van der Waals surface area contributed by atoms with Crippen LogP contribution in [-0.4, -0.2) is 17.4 Å². The molecule has 118 valence electrons. The average molecular weight is 338 g/mol. The van der Waals surface area contributed by atoms with Crippen LogP contribution in [0.15, 0.2) is 35.8 Å². The lowest BCUT2D eigenvalue weighted by Crippen LogP contribution is -2.29. The number of rotatable bonds is 4. The molecule has 0 saturated heterocycles. The number of hydrogen-bond donors (Lipinski definition) is 2. The van der Waals surface area contributed by atoms with Crippen molar-refractivity contribution in [1.82, 2.24) is 4.98 Å². The van der Waals surface area contributed by atoms with Gasteiger partial charge in [-0.25, -0.2) is 4.98 Å². The minimum Gasteiger partial charge on any atom is -0.330 e. The van der Waals surface area contributed by atoms with Crippen molar-refractivity contribution < 1.29 is 4.79 Å². The Morgan fingerprint density at radius 3 is 3.00 bits per heavy atom. The fourth-order valence-corrected chi connectivity index (χ4v) is 3.63. The molecular weight excluding hydrogens is 318 g/mol. The maximum atomic E-state index is 12.4. The fraction of sp³-hybridized carbons (Fsp3) is 0.375. The van der Waals surface area contributed by atoms with Crippen molar-refractivity contribution in [3.8, 4) is 10.6 Å². The lowest BCUT2D eigenvalue weighted by atomic mass is 9.95. The number of thiazole rings is 1. The minimum atomic E-state index is 0. The number of nitrogens with zero attached hydrogens (tertiary/aromatic N) is 1. The van der Waals surface area contributed by atoms with E-state index < -0.39 is 0 Å². The van der Waals surface area contributed by atoms with Gasteiger partial charge in [0.15, 0.2) is 0 Å². The molecule has 0 unspecified atom stereocenters. The van der Waals surface area contributed by atoms with Gasteiger partial charge in [-0.2, -0.15) is 0 Å². The highest BCUT2D eigenvalue weighted by Crippen LogP contribution is 2.32. The predicted molar refractivity (Wildman–Crippen MR) is 93.3 cm³/mol. The number of aromatic nitrogens is 1. The number of anilines is 1. The van der Waals surface area contributed by atoms with Crippen LogP contribution in [0.3, 0.4) is 0 Å². The lowest BCUT2D eigenvalue weighted by molar-refractivity contribution is -0.120. The molecule has 0 radical (unpaired) electrons. The van der Waals surface area contributed by atoms with Crippen LogP contribution in [0.25, 0.3) is 10.6 Å². The van der Waals surface area contributed by atoms with Crippen LogP contribution < -0.4 is 11.1 Å². The minimum absolute atomic E-state index is 0. The van der Waals surface area contributed by atoms with Gasteiger partial charge in [0, 0.05) is 28.7 Å². The Morgan fingerprint density at radius 1 is 1.41 bits per heavy atom. The number of carbonyl (C=O) groups excluding carboxylic acids is 1. The quantitative estimate of drug-likeness (QED) is 0.896. The summed E-state index contributed by atoms with van der Waals surface area (Å²) in [6.07, 6.45) is 4.89. The van der Waals surface area contributed by atoms with Gasteiger partial charge >= 0.3 is 0 Å². The second-order valence-electron chi connectivity index (χ2n) is 5.44. The van der Waals surface area contributed by atoms with Gasteiger partial charge in [0.1, 0.15) is 5.01 Å². The Balaban J connectivity index is 0.00000176. The van der Waals surface area contributed by atoms with Crippen LogP contribution in [0.2, 0.25) is 0 Å². The van der Waals surface area contributed by atoms with Crippen LogP contribution >= 0.6 is 23.7 Å². The molecule has 1 aromatic carbocycles. The number of nitrogens with two attached hydrogens (primary N) is 1. The second-order valence-corrected chi connectivity index (χ2v) is 6.34. The highest BCUT2D eigenvalue weighted by molar-refractivity contribution is 7.13. The van der Waals surface area contributed by atoms with Crippen molar-refractivity contribution >= 4 is 35.3 Å². The normalized spacial score (nSPS) is 20.4. The molecule has 3 rings (SSSR count). The first-order valence-electron chi connectivity index (χ1n) is 7.29. The standard InChI is InChI=1S/C16H19N3OS.ClH/c17-10-12-4-2-6-14(12)15(20)19-13-5-1-3-11(9-13)16-18-7-8-21-16;/h1,3,5,7-9,12,14H,2,4,6,10,17H2,(H,19,20);1H/t12-,14-;/m1./s1. The third-order valence-corrected chi connectivity index (χ3v) is 4.93. The van der Waals surface area contributed by atoms with Gasteiger partial charge < -0.3 is 11.1 Å². The van der Waals surface area contributed by atoms with Gasteiger partial charge in [-0.1, -0.05) is 18.6 Å². The van der Waals surface area contributed by atoms with E-state index in [1.165, 1.54) is 0 Å². The number of hydrogen-bond acceptors (Lipinski definition) is 4. The number of benzene rings is 1. The molecule has 2 atom stereocenters. The molecular formula is C16H20ClN3OS. The molecule has 0 spiro atoms. The molecule has 1 heterocycles. The summed E-state index contributed by atoms with van der Waals surface area (Å²) in [7, 11) is 0. The molecule has 4 nitrogen and oxygen atoms in total. The molecule has 1 fully saturated rings. The van der Waals surface area contributed by atoms with Gasteiger partial charge in [-0.15, -0.1) is 23.7 Å².